The molecule has 3 aromatic rings. The highest BCUT2D eigenvalue weighted by molar-refractivity contribution is 7.99. The van der Waals surface area contributed by atoms with E-state index in [9.17, 15) is 9.59 Å². The zero-order valence-electron chi connectivity index (χ0n) is 17.6. The Morgan fingerprint density at radius 2 is 1.94 bits per heavy atom. The molecule has 7 nitrogen and oxygen atoms in total. The number of anilines is 1. The lowest BCUT2D eigenvalue weighted by atomic mass is 10.2. The first-order valence-corrected chi connectivity index (χ1v) is 11.9. The maximum absolute atomic E-state index is 12.5. The summed E-state index contributed by atoms with van der Waals surface area (Å²) in [6.07, 6.45) is 1.68. The first-order valence-electron chi connectivity index (χ1n) is 9.74. The topological polar surface area (TPSA) is 88.9 Å². The van der Waals surface area contributed by atoms with Gasteiger partial charge in [0.15, 0.2) is 11.0 Å². The van der Waals surface area contributed by atoms with Crippen molar-refractivity contribution >= 4 is 64.1 Å². The summed E-state index contributed by atoms with van der Waals surface area (Å²) in [7, 11) is 0. The average molecular weight is 525 g/mol. The number of carbonyl (C=O) groups excluding carboxylic acids is 2. The summed E-state index contributed by atoms with van der Waals surface area (Å²) in [6.45, 7) is 6.12. The minimum Gasteiger partial charge on any atom is -0.345 e. The molecule has 0 radical (unpaired) electrons. The Balaban J connectivity index is 1.64. The fourth-order valence-corrected chi connectivity index (χ4v) is 4.29. The molecular formula is C22H20Cl3N5O2S. The zero-order valence-corrected chi connectivity index (χ0v) is 20.7. The van der Waals surface area contributed by atoms with Crippen LogP contribution in [0.3, 0.4) is 0 Å². The highest BCUT2D eigenvalue weighted by atomic mass is 35.5. The van der Waals surface area contributed by atoms with Crippen LogP contribution >= 0.6 is 46.6 Å². The van der Waals surface area contributed by atoms with E-state index >= 15 is 0 Å². The lowest BCUT2D eigenvalue weighted by molar-refractivity contribution is -0.113. The number of carbonyl (C=O) groups is 2. The van der Waals surface area contributed by atoms with Crippen LogP contribution in [0, 0.1) is 6.92 Å². The molecule has 172 valence electrons. The van der Waals surface area contributed by atoms with Crippen LogP contribution in [0.4, 0.5) is 5.69 Å². The predicted octanol–water partition coefficient (Wildman–Crippen LogP) is 5.39. The largest absolute Gasteiger partial charge is 0.345 e. The molecule has 0 spiro atoms. The summed E-state index contributed by atoms with van der Waals surface area (Å²) in [5, 5.41) is 15.7. The van der Waals surface area contributed by atoms with Crippen molar-refractivity contribution in [2.45, 2.75) is 25.2 Å². The Labute approximate surface area is 210 Å². The third kappa shape index (κ3) is 6.51. The van der Waals surface area contributed by atoms with Gasteiger partial charge in [-0.3, -0.25) is 9.59 Å². The lowest BCUT2D eigenvalue weighted by Gasteiger charge is -2.11. The average Bonchev–Trinajstić information content (AvgIpc) is 3.15. The van der Waals surface area contributed by atoms with Crippen LogP contribution in [0.1, 0.15) is 21.7 Å². The monoisotopic (exact) mass is 523 g/mol. The highest BCUT2D eigenvalue weighted by Gasteiger charge is 2.16. The van der Waals surface area contributed by atoms with E-state index in [1.165, 1.54) is 17.8 Å². The molecule has 2 aromatic carbocycles. The summed E-state index contributed by atoms with van der Waals surface area (Å²) >= 11 is 19.3. The molecule has 2 N–H and O–H groups in total. The second-order valence-corrected chi connectivity index (χ2v) is 9.05. The molecule has 0 fully saturated rings. The van der Waals surface area contributed by atoms with Crippen LogP contribution in [0.25, 0.3) is 0 Å². The number of amides is 2. The molecule has 1 heterocycles. The van der Waals surface area contributed by atoms with E-state index in [0.717, 1.165) is 5.56 Å². The number of hydrogen-bond acceptors (Lipinski definition) is 5. The van der Waals surface area contributed by atoms with Gasteiger partial charge in [-0.15, -0.1) is 16.8 Å². The fraction of sp³-hybridized carbons (Fsp3) is 0.182. The second-order valence-electron chi connectivity index (χ2n) is 6.85. The van der Waals surface area contributed by atoms with Crippen molar-refractivity contribution in [2.75, 3.05) is 11.1 Å². The third-order valence-electron chi connectivity index (χ3n) is 4.56. The lowest BCUT2D eigenvalue weighted by Crippen LogP contribution is -2.25. The van der Waals surface area contributed by atoms with E-state index in [-0.39, 0.29) is 29.1 Å². The molecule has 0 saturated carbocycles. The first kappa shape index (κ1) is 25.1. The van der Waals surface area contributed by atoms with Gasteiger partial charge in [-0.2, -0.15) is 0 Å². The van der Waals surface area contributed by atoms with Crippen LogP contribution in [0.5, 0.6) is 0 Å². The number of halogens is 3. The molecule has 11 heteroatoms. The van der Waals surface area contributed by atoms with Crippen LogP contribution < -0.4 is 10.6 Å². The van der Waals surface area contributed by atoms with E-state index in [1.54, 1.807) is 41.0 Å². The molecule has 0 saturated heterocycles. The van der Waals surface area contributed by atoms with E-state index < -0.39 is 0 Å². The normalized spacial score (nSPS) is 10.7. The van der Waals surface area contributed by atoms with Gasteiger partial charge in [-0.1, -0.05) is 58.7 Å². The van der Waals surface area contributed by atoms with Gasteiger partial charge < -0.3 is 15.2 Å². The van der Waals surface area contributed by atoms with Crippen molar-refractivity contribution in [1.82, 2.24) is 20.1 Å². The molecule has 0 aliphatic carbocycles. The quantitative estimate of drug-likeness (QED) is 0.289. The molecule has 0 unspecified atom stereocenters. The molecule has 0 atom stereocenters. The molecule has 1 aromatic heterocycles. The minimum atomic E-state index is -0.365. The van der Waals surface area contributed by atoms with Crippen LogP contribution in [0.2, 0.25) is 15.1 Å². The Kier molecular flexibility index (Phi) is 8.80. The second kappa shape index (κ2) is 11.6. The number of hydrogen-bond donors (Lipinski definition) is 2. The van der Waals surface area contributed by atoms with Gasteiger partial charge in [-0.25, -0.2) is 0 Å². The van der Waals surface area contributed by atoms with Gasteiger partial charge in [-0.05, 0) is 42.8 Å². The smallest absolute Gasteiger partial charge is 0.253 e. The van der Waals surface area contributed by atoms with Crippen LogP contribution in [-0.2, 0) is 17.9 Å². The first-order chi connectivity index (χ1) is 15.8. The van der Waals surface area contributed by atoms with E-state index in [1.807, 2.05) is 6.92 Å². The Bertz CT molecular complexity index is 1200. The third-order valence-corrected chi connectivity index (χ3v) is 6.49. The Hall–Kier alpha value is -2.52. The van der Waals surface area contributed by atoms with Crippen molar-refractivity contribution in [3.63, 3.8) is 0 Å². The summed E-state index contributed by atoms with van der Waals surface area (Å²) in [5.74, 6) is 0.0662. The standard InChI is InChI=1S/C22H20Cl3N5O2S/c1-3-9-30-19(11-26-21(32)15-8-7-14(23)10-17(15)25)28-29-22(30)33-12-20(31)27-18-6-4-5-16(24)13(18)2/h3-8,10H,1,9,11-12H2,2H3,(H,26,32)(H,27,31). The summed E-state index contributed by atoms with van der Waals surface area (Å²) in [4.78, 5) is 24.9. The zero-order chi connectivity index (χ0) is 24.0. The van der Waals surface area contributed by atoms with Gasteiger partial charge in [0.25, 0.3) is 5.91 Å². The van der Waals surface area contributed by atoms with Crippen LogP contribution in [-0.4, -0.2) is 32.3 Å². The number of benzene rings is 2. The molecule has 0 aliphatic heterocycles. The van der Waals surface area contributed by atoms with Crippen molar-refractivity contribution < 1.29 is 9.59 Å². The fourth-order valence-electron chi connectivity index (χ4n) is 2.86. The maximum atomic E-state index is 12.5. The van der Waals surface area contributed by atoms with E-state index in [2.05, 4.69) is 27.4 Å². The van der Waals surface area contributed by atoms with E-state index in [0.29, 0.717) is 38.8 Å². The van der Waals surface area contributed by atoms with Gasteiger partial charge in [0.1, 0.15) is 0 Å². The number of nitrogens with one attached hydrogen (secondary N) is 2. The number of thioether (sulfide) groups is 1. The summed E-state index contributed by atoms with van der Waals surface area (Å²) < 4.78 is 1.78. The highest BCUT2D eigenvalue weighted by Crippen LogP contribution is 2.24. The number of rotatable bonds is 9. The Morgan fingerprint density at radius 3 is 2.67 bits per heavy atom. The molecular weight excluding hydrogens is 505 g/mol. The van der Waals surface area contributed by atoms with Crippen molar-refractivity contribution in [2.24, 2.45) is 0 Å². The van der Waals surface area contributed by atoms with Gasteiger partial charge in [0.05, 0.1) is 22.9 Å². The van der Waals surface area contributed by atoms with Gasteiger partial charge in [0, 0.05) is 22.3 Å². The van der Waals surface area contributed by atoms with Gasteiger partial charge >= 0.3 is 0 Å². The molecule has 3 rings (SSSR count). The molecule has 0 bridgehead atoms. The Morgan fingerprint density at radius 1 is 1.15 bits per heavy atom. The number of aromatic nitrogens is 3. The van der Waals surface area contributed by atoms with E-state index in [4.69, 9.17) is 34.8 Å². The maximum Gasteiger partial charge on any atom is 0.253 e. The SMILES string of the molecule is C=CCn1c(CNC(=O)c2ccc(Cl)cc2Cl)nnc1SCC(=O)Nc1cccc(Cl)c1C. The van der Waals surface area contributed by atoms with Crippen molar-refractivity contribution in [1.29, 1.82) is 0 Å². The molecule has 0 aliphatic rings. The summed E-state index contributed by atoms with van der Waals surface area (Å²) in [6, 6.07) is 9.97. The van der Waals surface area contributed by atoms with Crippen molar-refractivity contribution in [3.8, 4) is 0 Å². The minimum absolute atomic E-state index is 0.118. The number of allylic oxidation sites excluding steroid dienone is 1. The van der Waals surface area contributed by atoms with Crippen molar-refractivity contribution in [3.05, 3.63) is 81.1 Å². The molecule has 33 heavy (non-hydrogen) atoms. The molecule has 2 amide bonds. The summed E-state index contributed by atoms with van der Waals surface area (Å²) in [5.41, 5.74) is 1.76. The van der Waals surface area contributed by atoms with Gasteiger partial charge in [0.2, 0.25) is 5.91 Å². The predicted molar refractivity (Wildman–Crippen MR) is 133 cm³/mol. The van der Waals surface area contributed by atoms with Crippen LogP contribution in [0.15, 0.2) is 54.2 Å². The number of nitrogens with zero attached hydrogens (tertiary/aromatic N) is 3.